The van der Waals surface area contributed by atoms with Gasteiger partial charge in [-0.1, -0.05) is 0 Å². The summed E-state index contributed by atoms with van der Waals surface area (Å²) in [6.45, 7) is 0.544. The fourth-order valence-corrected chi connectivity index (χ4v) is 3.36. The lowest BCUT2D eigenvalue weighted by molar-refractivity contribution is -0.140. The van der Waals surface area contributed by atoms with Crippen molar-refractivity contribution in [2.24, 2.45) is 0 Å². The molecule has 0 unspecified atom stereocenters. The van der Waals surface area contributed by atoms with E-state index < -0.39 is 35.9 Å². The van der Waals surface area contributed by atoms with E-state index in [2.05, 4.69) is 25.9 Å². The molecule has 2 aromatic rings. The molecule has 3 rings (SSSR count). The Morgan fingerprint density at radius 2 is 1.97 bits per heavy atom. The summed E-state index contributed by atoms with van der Waals surface area (Å²) in [5.41, 5.74) is 5.89. The number of fused-ring (bicyclic) bond motifs is 1. The number of hydrogen-bond donors (Lipinski definition) is 7. The van der Waals surface area contributed by atoms with Crippen LogP contribution in [-0.4, -0.2) is 69.6 Å². The lowest BCUT2D eigenvalue weighted by atomic mass is 10.1. The fourth-order valence-electron chi connectivity index (χ4n) is 3.36. The van der Waals surface area contributed by atoms with Gasteiger partial charge in [-0.05, 0) is 30.7 Å². The van der Waals surface area contributed by atoms with E-state index in [1.165, 1.54) is 29.2 Å². The van der Waals surface area contributed by atoms with Gasteiger partial charge < -0.3 is 36.8 Å². The van der Waals surface area contributed by atoms with Crippen LogP contribution in [-0.2, 0) is 14.4 Å². The van der Waals surface area contributed by atoms with Crippen molar-refractivity contribution >= 4 is 47.4 Å². The number of aliphatic carboxylic acids is 2. The minimum Gasteiger partial charge on any atom is -0.481 e. The van der Waals surface area contributed by atoms with E-state index in [-0.39, 0.29) is 36.2 Å². The van der Waals surface area contributed by atoms with E-state index >= 15 is 0 Å². The van der Waals surface area contributed by atoms with E-state index in [1.807, 2.05) is 0 Å². The van der Waals surface area contributed by atoms with Crippen LogP contribution in [0.2, 0.25) is 0 Å². The third-order valence-corrected chi connectivity index (χ3v) is 5.06. The monoisotopic (exact) mass is 473 g/mol. The Hall–Kier alpha value is -4.62. The van der Waals surface area contributed by atoms with Gasteiger partial charge in [-0.3, -0.25) is 24.2 Å². The molecule has 34 heavy (non-hydrogen) atoms. The molecule has 0 saturated carbocycles. The van der Waals surface area contributed by atoms with Crippen LogP contribution in [0.3, 0.4) is 0 Å². The van der Waals surface area contributed by atoms with Gasteiger partial charge in [-0.25, -0.2) is 4.79 Å². The number of rotatable bonds is 10. The van der Waals surface area contributed by atoms with Crippen LogP contribution in [0, 0.1) is 0 Å². The van der Waals surface area contributed by atoms with Crippen molar-refractivity contribution in [3.63, 3.8) is 0 Å². The second kappa shape index (κ2) is 10.3. The van der Waals surface area contributed by atoms with Crippen LogP contribution in [0.25, 0.3) is 0 Å². The van der Waals surface area contributed by atoms with E-state index in [0.717, 1.165) is 0 Å². The topological polar surface area (TPSA) is 220 Å². The van der Waals surface area contributed by atoms with Crippen molar-refractivity contribution in [2.75, 3.05) is 34.4 Å². The molecule has 8 N–H and O–H groups in total. The number of carboxylic acid groups (broad SMARTS) is 2. The third-order valence-electron chi connectivity index (χ3n) is 5.06. The molecule has 2 atom stereocenters. The van der Waals surface area contributed by atoms with E-state index in [4.69, 9.17) is 10.8 Å². The molecule has 1 aliphatic heterocycles. The van der Waals surface area contributed by atoms with Gasteiger partial charge in [0.15, 0.2) is 5.82 Å². The van der Waals surface area contributed by atoms with Gasteiger partial charge >= 0.3 is 11.9 Å². The van der Waals surface area contributed by atoms with Gasteiger partial charge in [-0.15, -0.1) is 0 Å². The molecule has 1 aromatic carbocycles. The maximum atomic E-state index is 12.4. The van der Waals surface area contributed by atoms with Crippen LogP contribution in [0.4, 0.5) is 23.1 Å². The van der Waals surface area contributed by atoms with Crippen LogP contribution in [0.15, 0.2) is 29.1 Å². The number of amides is 2. The molecule has 0 radical (unpaired) electrons. The van der Waals surface area contributed by atoms with Gasteiger partial charge in [0.25, 0.3) is 11.5 Å². The number of hydrogen-bond acceptors (Lipinski definition) is 9. The molecule has 0 aliphatic carbocycles. The lowest BCUT2D eigenvalue weighted by Crippen LogP contribution is -2.45. The zero-order valence-corrected chi connectivity index (χ0v) is 17.8. The Bertz CT molecular complexity index is 1150. The van der Waals surface area contributed by atoms with Crippen LogP contribution in [0.1, 0.15) is 23.2 Å². The standard InChI is InChI=1S/C20H23N7O7/c21-20-25-16-15(18(32)26-20)23-11(7-22-16)8-27(9-28)12-3-1-10(2-4-12)17(31)24-13(19(33)34)5-6-14(29)30/h1-4,9,11,13,23H,5-8H2,(H,24,31)(H,29,30)(H,33,34)(H4,21,22,25,26,32)/t11-,13-/m1/s1. The number of nitrogens with two attached hydrogens (primary N) is 1. The van der Waals surface area contributed by atoms with Gasteiger partial charge in [0, 0.05) is 30.8 Å². The normalized spacial score (nSPS) is 15.1. The Balaban J connectivity index is 1.65. The smallest absolute Gasteiger partial charge is 0.326 e. The molecular formula is C20H23N7O7. The molecule has 14 nitrogen and oxygen atoms in total. The number of nitrogens with zero attached hydrogens (tertiary/aromatic N) is 2. The predicted octanol–water partition coefficient (Wildman–Crippen LogP) is -0.731. The summed E-state index contributed by atoms with van der Waals surface area (Å²) in [5, 5.41) is 26.2. The second-order valence-electron chi connectivity index (χ2n) is 7.50. The highest BCUT2D eigenvalue weighted by Crippen LogP contribution is 2.21. The number of nitrogens with one attached hydrogen (secondary N) is 4. The molecule has 0 fully saturated rings. The summed E-state index contributed by atoms with van der Waals surface area (Å²) in [4.78, 5) is 65.9. The molecule has 0 bridgehead atoms. The summed E-state index contributed by atoms with van der Waals surface area (Å²) in [6, 6.07) is 4.16. The molecule has 180 valence electrons. The maximum Gasteiger partial charge on any atom is 0.326 e. The van der Waals surface area contributed by atoms with E-state index in [9.17, 15) is 29.1 Å². The number of carbonyl (C=O) groups is 4. The maximum absolute atomic E-state index is 12.4. The SMILES string of the molecule is Nc1nc2c(c(=O)[nH]1)N[C@@H](CN(C=O)c1ccc(C(=O)N[C@H](CCC(=O)O)C(=O)O)cc1)CN2. The van der Waals surface area contributed by atoms with Gasteiger partial charge in [0.05, 0.1) is 6.04 Å². The highest BCUT2D eigenvalue weighted by molar-refractivity contribution is 5.97. The van der Waals surface area contributed by atoms with Crippen molar-refractivity contribution in [1.29, 1.82) is 0 Å². The largest absolute Gasteiger partial charge is 0.481 e. The zero-order chi connectivity index (χ0) is 24.8. The van der Waals surface area contributed by atoms with Crippen LogP contribution < -0.4 is 32.1 Å². The number of carbonyl (C=O) groups excluding carboxylic acids is 2. The average molecular weight is 473 g/mol. The molecule has 2 amide bonds. The van der Waals surface area contributed by atoms with E-state index in [1.54, 1.807) is 0 Å². The first-order valence-electron chi connectivity index (χ1n) is 10.2. The highest BCUT2D eigenvalue weighted by Gasteiger charge is 2.24. The second-order valence-corrected chi connectivity index (χ2v) is 7.50. The first-order chi connectivity index (χ1) is 16.2. The Labute approximate surface area is 192 Å². The first kappa shape index (κ1) is 24.0. The minimum atomic E-state index is -1.35. The Kier molecular flexibility index (Phi) is 7.30. The fraction of sp³-hybridized carbons (Fsp3) is 0.300. The Morgan fingerprint density at radius 1 is 1.26 bits per heavy atom. The molecule has 2 heterocycles. The Morgan fingerprint density at radius 3 is 2.59 bits per heavy atom. The number of anilines is 4. The van der Waals surface area contributed by atoms with Crippen LogP contribution >= 0.6 is 0 Å². The van der Waals surface area contributed by atoms with E-state index in [0.29, 0.717) is 24.5 Å². The average Bonchev–Trinajstić information content (AvgIpc) is 2.80. The molecular weight excluding hydrogens is 450 g/mol. The number of carboxylic acids is 2. The van der Waals surface area contributed by atoms with Crippen molar-refractivity contribution < 1.29 is 29.4 Å². The number of benzene rings is 1. The number of aromatic nitrogens is 2. The highest BCUT2D eigenvalue weighted by atomic mass is 16.4. The number of aromatic amines is 1. The summed E-state index contributed by atoms with van der Waals surface area (Å²) < 4.78 is 0. The molecule has 14 heteroatoms. The molecule has 1 aromatic heterocycles. The summed E-state index contributed by atoms with van der Waals surface area (Å²) in [7, 11) is 0. The minimum absolute atomic E-state index is 0.0216. The first-order valence-corrected chi connectivity index (χ1v) is 10.2. The number of nitrogen functional groups attached to an aromatic ring is 1. The van der Waals surface area contributed by atoms with Crippen molar-refractivity contribution in [1.82, 2.24) is 15.3 Å². The third kappa shape index (κ3) is 5.79. The van der Waals surface area contributed by atoms with Crippen LogP contribution in [0.5, 0.6) is 0 Å². The number of H-pyrrole nitrogens is 1. The van der Waals surface area contributed by atoms with Crippen molar-refractivity contribution in [3.05, 3.63) is 40.2 Å². The lowest BCUT2D eigenvalue weighted by Gasteiger charge is -2.30. The van der Waals surface area contributed by atoms with Gasteiger partial charge in [0.2, 0.25) is 12.4 Å². The quantitative estimate of drug-likeness (QED) is 0.213. The predicted molar refractivity (Wildman–Crippen MR) is 121 cm³/mol. The zero-order valence-electron chi connectivity index (χ0n) is 17.8. The van der Waals surface area contributed by atoms with Crippen molar-refractivity contribution in [3.8, 4) is 0 Å². The summed E-state index contributed by atoms with van der Waals surface area (Å²) in [6.07, 6.45) is -0.0671. The van der Waals surface area contributed by atoms with Gasteiger partial charge in [0.1, 0.15) is 11.7 Å². The molecule has 1 aliphatic rings. The van der Waals surface area contributed by atoms with Gasteiger partial charge in [-0.2, -0.15) is 4.98 Å². The summed E-state index contributed by atoms with van der Waals surface area (Å²) >= 11 is 0. The summed E-state index contributed by atoms with van der Waals surface area (Å²) in [5.74, 6) is -2.91. The van der Waals surface area contributed by atoms with Crippen molar-refractivity contribution in [2.45, 2.75) is 24.9 Å². The molecule has 0 spiro atoms. The molecule has 0 saturated heterocycles.